The maximum Gasteiger partial charge on any atom is 0.251 e. The summed E-state index contributed by atoms with van der Waals surface area (Å²) in [7, 11) is 0. The van der Waals surface area contributed by atoms with Crippen molar-refractivity contribution in [1.29, 1.82) is 0 Å². The molecule has 4 nitrogen and oxygen atoms in total. The summed E-state index contributed by atoms with van der Waals surface area (Å²) in [6.07, 6.45) is 1.63. The Labute approximate surface area is 110 Å². The van der Waals surface area contributed by atoms with Crippen LogP contribution in [-0.4, -0.2) is 10.0 Å². The Morgan fingerprint density at radius 2 is 1.74 bits per heavy atom. The molecular formula is C15H13NO3. The van der Waals surface area contributed by atoms with Crippen LogP contribution in [0.25, 0.3) is 6.08 Å². The van der Waals surface area contributed by atoms with Gasteiger partial charge in [-0.3, -0.25) is 10.1 Å². The van der Waals surface area contributed by atoms with Crippen LogP contribution in [0.5, 0.6) is 5.75 Å². The number of rotatable bonds is 4. The van der Waals surface area contributed by atoms with Gasteiger partial charge in [-0.05, 0) is 11.6 Å². The third-order valence-corrected chi connectivity index (χ3v) is 2.72. The topological polar surface area (TPSA) is 63.4 Å². The molecule has 0 aliphatic rings. The van der Waals surface area contributed by atoms with Gasteiger partial charge in [0.25, 0.3) is 5.70 Å². The van der Waals surface area contributed by atoms with E-state index in [1.807, 2.05) is 30.3 Å². The Hall–Kier alpha value is -2.62. The molecular weight excluding hydrogens is 242 g/mol. The summed E-state index contributed by atoms with van der Waals surface area (Å²) < 4.78 is 0. The van der Waals surface area contributed by atoms with Crippen LogP contribution in [0.2, 0.25) is 0 Å². The normalized spacial score (nSPS) is 11.3. The number of phenolic OH excluding ortho intramolecular Hbond substituents is 1. The molecule has 0 radical (unpaired) electrons. The first-order valence-corrected chi connectivity index (χ1v) is 5.83. The number of phenols is 1. The summed E-state index contributed by atoms with van der Waals surface area (Å²) in [6, 6.07) is 15.8. The van der Waals surface area contributed by atoms with Crippen molar-refractivity contribution in [2.24, 2.45) is 0 Å². The van der Waals surface area contributed by atoms with Gasteiger partial charge in [0.2, 0.25) is 0 Å². The minimum atomic E-state index is -0.417. The maximum absolute atomic E-state index is 11.1. The average molecular weight is 255 g/mol. The molecule has 2 aromatic rings. The third-order valence-electron chi connectivity index (χ3n) is 2.72. The number of para-hydroxylation sites is 1. The van der Waals surface area contributed by atoms with Gasteiger partial charge >= 0.3 is 0 Å². The van der Waals surface area contributed by atoms with Gasteiger partial charge in [0.05, 0.1) is 11.3 Å². The van der Waals surface area contributed by atoms with Crippen LogP contribution in [0.3, 0.4) is 0 Å². The van der Waals surface area contributed by atoms with Crippen LogP contribution in [0.15, 0.2) is 60.3 Å². The van der Waals surface area contributed by atoms with Crippen molar-refractivity contribution in [3.8, 4) is 5.75 Å². The van der Waals surface area contributed by atoms with Crippen molar-refractivity contribution >= 4 is 6.08 Å². The number of allylic oxidation sites excluding steroid dienone is 1. The zero-order chi connectivity index (χ0) is 13.7. The van der Waals surface area contributed by atoms with Crippen LogP contribution in [0, 0.1) is 10.1 Å². The van der Waals surface area contributed by atoms with E-state index in [4.69, 9.17) is 0 Å². The van der Waals surface area contributed by atoms with E-state index >= 15 is 0 Å². The van der Waals surface area contributed by atoms with Crippen molar-refractivity contribution < 1.29 is 10.0 Å². The smallest absolute Gasteiger partial charge is 0.251 e. The zero-order valence-electron chi connectivity index (χ0n) is 10.2. The summed E-state index contributed by atoms with van der Waals surface area (Å²) in [5.41, 5.74) is 1.36. The lowest BCUT2D eigenvalue weighted by molar-refractivity contribution is -0.425. The van der Waals surface area contributed by atoms with Crippen molar-refractivity contribution in [2.45, 2.75) is 6.42 Å². The molecule has 0 saturated carbocycles. The fraction of sp³-hybridized carbons (Fsp3) is 0.0667. The largest absolute Gasteiger partial charge is 0.507 e. The average Bonchev–Trinajstić information content (AvgIpc) is 2.41. The van der Waals surface area contributed by atoms with Gasteiger partial charge in [-0.1, -0.05) is 48.5 Å². The van der Waals surface area contributed by atoms with Gasteiger partial charge in [0, 0.05) is 11.6 Å². The number of nitrogens with zero attached hydrogens (tertiary/aromatic N) is 1. The molecule has 0 amide bonds. The Balaban J connectivity index is 2.31. The molecule has 4 heteroatoms. The maximum atomic E-state index is 11.1. The molecule has 0 atom stereocenters. The predicted molar refractivity (Wildman–Crippen MR) is 73.2 cm³/mol. The number of hydrogen-bond acceptors (Lipinski definition) is 3. The first-order chi connectivity index (χ1) is 9.16. The molecule has 96 valence electrons. The second-order valence-corrected chi connectivity index (χ2v) is 4.11. The highest BCUT2D eigenvalue weighted by Gasteiger charge is 2.12. The number of benzene rings is 2. The van der Waals surface area contributed by atoms with Gasteiger partial charge in [0.1, 0.15) is 5.75 Å². The number of aromatic hydroxyl groups is 1. The molecule has 2 aromatic carbocycles. The highest BCUT2D eigenvalue weighted by molar-refractivity contribution is 5.58. The molecule has 0 heterocycles. The highest BCUT2D eigenvalue weighted by atomic mass is 16.6. The summed E-state index contributed by atoms with van der Waals surface area (Å²) >= 11 is 0. The Morgan fingerprint density at radius 1 is 1.11 bits per heavy atom. The zero-order valence-corrected chi connectivity index (χ0v) is 10.2. The third kappa shape index (κ3) is 3.42. The fourth-order valence-corrected chi connectivity index (χ4v) is 1.76. The van der Waals surface area contributed by atoms with E-state index in [0.29, 0.717) is 5.56 Å². The highest BCUT2D eigenvalue weighted by Crippen LogP contribution is 2.20. The molecule has 0 bridgehead atoms. The first kappa shape index (κ1) is 12.8. The van der Waals surface area contributed by atoms with Crippen LogP contribution >= 0.6 is 0 Å². The van der Waals surface area contributed by atoms with Crippen molar-refractivity contribution in [1.82, 2.24) is 0 Å². The van der Waals surface area contributed by atoms with Gasteiger partial charge in [-0.25, -0.2) is 0 Å². The van der Waals surface area contributed by atoms with Gasteiger partial charge < -0.3 is 5.11 Å². The molecule has 19 heavy (non-hydrogen) atoms. The monoisotopic (exact) mass is 255 g/mol. The quantitative estimate of drug-likeness (QED) is 0.673. The second-order valence-electron chi connectivity index (χ2n) is 4.11. The summed E-state index contributed by atoms with van der Waals surface area (Å²) in [5, 5.41) is 20.7. The Morgan fingerprint density at radius 3 is 2.37 bits per heavy atom. The standard InChI is InChI=1S/C15H13NO3/c17-15-9-5-4-8-13(15)11-14(16(18)19)10-12-6-2-1-3-7-12/h1-9,11,17H,10H2. The molecule has 0 unspecified atom stereocenters. The van der Waals surface area contributed by atoms with Gasteiger partial charge in [-0.2, -0.15) is 0 Å². The lowest BCUT2D eigenvalue weighted by Gasteiger charge is -2.01. The number of nitro groups is 1. The molecule has 0 saturated heterocycles. The lowest BCUT2D eigenvalue weighted by atomic mass is 10.1. The van der Waals surface area contributed by atoms with Gasteiger partial charge in [0.15, 0.2) is 0 Å². The van der Waals surface area contributed by atoms with Gasteiger partial charge in [-0.15, -0.1) is 0 Å². The first-order valence-electron chi connectivity index (χ1n) is 5.83. The molecule has 0 aliphatic carbocycles. The molecule has 0 spiro atoms. The summed E-state index contributed by atoms with van der Waals surface area (Å²) in [4.78, 5) is 10.7. The van der Waals surface area contributed by atoms with E-state index in [-0.39, 0.29) is 17.9 Å². The molecule has 0 aliphatic heterocycles. The van der Waals surface area contributed by atoms with E-state index in [1.54, 1.807) is 18.2 Å². The predicted octanol–water partition coefficient (Wildman–Crippen LogP) is 3.25. The Bertz CT molecular complexity index is 606. The van der Waals surface area contributed by atoms with Crippen molar-refractivity contribution in [3.05, 3.63) is 81.5 Å². The van der Waals surface area contributed by atoms with E-state index in [0.717, 1.165) is 5.56 Å². The van der Waals surface area contributed by atoms with E-state index in [9.17, 15) is 15.2 Å². The summed E-state index contributed by atoms with van der Waals surface area (Å²) in [6.45, 7) is 0. The second kappa shape index (κ2) is 5.82. The van der Waals surface area contributed by atoms with Crippen molar-refractivity contribution in [2.75, 3.05) is 0 Å². The molecule has 2 rings (SSSR count). The van der Waals surface area contributed by atoms with E-state index in [1.165, 1.54) is 12.1 Å². The molecule has 0 aromatic heterocycles. The van der Waals surface area contributed by atoms with Crippen LogP contribution < -0.4 is 0 Å². The number of hydrogen-bond donors (Lipinski definition) is 1. The fourth-order valence-electron chi connectivity index (χ4n) is 1.76. The van der Waals surface area contributed by atoms with E-state index < -0.39 is 4.92 Å². The van der Waals surface area contributed by atoms with E-state index in [2.05, 4.69) is 0 Å². The van der Waals surface area contributed by atoms with Crippen LogP contribution in [0.1, 0.15) is 11.1 Å². The molecule has 0 fully saturated rings. The van der Waals surface area contributed by atoms with Crippen LogP contribution in [-0.2, 0) is 6.42 Å². The minimum Gasteiger partial charge on any atom is -0.507 e. The minimum absolute atomic E-state index is 0.0370. The SMILES string of the molecule is O=[N+]([O-])C(=Cc1ccccc1O)Cc1ccccc1. The summed E-state index contributed by atoms with van der Waals surface area (Å²) in [5.74, 6) is 0.0370. The van der Waals surface area contributed by atoms with Crippen LogP contribution in [0.4, 0.5) is 0 Å². The lowest BCUT2D eigenvalue weighted by Crippen LogP contribution is -2.02. The van der Waals surface area contributed by atoms with Crippen molar-refractivity contribution in [3.63, 3.8) is 0 Å². The Kier molecular flexibility index (Phi) is 3.93. The molecule has 1 N–H and O–H groups in total.